The monoisotopic (exact) mass is 325 g/mol. The third-order valence-electron chi connectivity index (χ3n) is 3.08. The molecule has 0 N–H and O–H groups in total. The van der Waals surface area contributed by atoms with Crippen molar-refractivity contribution in [1.29, 1.82) is 0 Å². The van der Waals surface area contributed by atoms with Crippen LogP contribution in [0.3, 0.4) is 0 Å². The molecule has 0 aliphatic carbocycles. The summed E-state index contributed by atoms with van der Waals surface area (Å²) in [6, 6.07) is 11.7. The molecular weight excluding hydrogens is 318 g/mol. The van der Waals surface area contributed by atoms with Crippen molar-refractivity contribution in [3.05, 3.63) is 53.3 Å². The fourth-order valence-electron chi connectivity index (χ4n) is 2.19. The maximum atomic E-state index is 4.40. The van der Waals surface area contributed by atoms with Crippen LogP contribution in [-0.2, 0) is 0 Å². The van der Waals surface area contributed by atoms with Gasteiger partial charge in [-0.1, -0.05) is 22.0 Å². The van der Waals surface area contributed by atoms with E-state index in [0.717, 1.165) is 27.0 Å². The minimum absolute atomic E-state index is 0.709. The van der Waals surface area contributed by atoms with E-state index in [1.165, 1.54) is 0 Å². The highest BCUT2D eigenvalue weighted by Gasteiger charge is 2.12. The Morgan fingerprint density at radius 1 is 1.00 bits per heavy atom. The van der Waals surface area contributed by atoms with Crippen molar-refractivity contribution in [2.75, 3.05) is 0 Å². The van der Waals surface area contributed by atoms with Gasteiger partial charge in [-0.15, -0.1) is 10.2 Å². The van der Waals surface area contributed by atoms with Gasteiger partial charge in [-0.25, -0.2) is 0 Å². The summed E-state index contributed by atoms with van der Waals surface area (Å²) in [6.45, 7) is 0. The van der Waals surface area contributed by atoms with E-state index in [1.54, 1.807) is 12.4 Å². The number of rotatable bonds is 1. The molecule has 0 radical (unpaired) electrons. The van der Waals surface area contributed by atoms with Crippen LogP contribution in [0.5, 0.6) is 0 Å². The second-order valence-electron chi connectivity index (χ2n) is 4.32. The lowest BCUT2D eigenvalue weighted by Gasteiger charge is -2.04. The minimum Gasteiger partial charge on any atom is -0.271 e. The van der Waals surface area contributed by atoms with Crippen LogP contribution < -0.4 is 0 Å². The van der Waals surface area contributed by atoms with E-state index in [-0.39, 0.29) is 0 Å². The molecule has 5 nitrogen and oxygen atoms in total. The number of benzene rings is 1. The molecule has 0 atom stereocenters. The van der Waals surface area contributed by atoms with Crippen LogP contribution in [0.4, 0.5) is 0 Å². The molecule has 3 aromatic heterocycles. The molecule has 0 aliphatic rings. The molecule has 0 amide bonds. The van der Waals surface area contributed by atoms with Gasteiger partial charge in [-0.05, 0) is 30.3 Å². The third kappa shape index (κ3) is 1.69. The first kappa shape index (κ1) is 11.5. The van der Waals surface area contributed by atoms with Crippen molar-refractivity contribution in [3.63, 3.8) is 0 Å². The number of hydrogen-bond acceptors (Lipinski definition) is 4. The maximum absolute atomic E-state index is 4.40. The zero-order valence-corrected chi connectivity index (χ0v) is 11.8. The normalized spacial score (nSPS) is 11.2. The summed E-state index contributed by atoms with van der Waals surface area (Å²) in [5, 5.41) is 8.40. The molecule has 0 saturated carbocycles. The molecule has 0 saturated heterocycles. The number of pyridine rings is 1. The van der Waals surface area contributed by atoms with Crippen molar-refractivity contribution in [2.45, 2.75) is 0 Å². The van der Waals surface area contributed by atoms with Gasteiger partial charge >= 0.3 is 0 Å². The Hall–Kier alpha value is -2.34. The van der Waals surface area contributed by atoms with Crippen LogP contribution in [0.1, 0.15) is 0 Å². The molecule has 0 unspecified atom stereocenters. The Morgan fingerprint density at radius 2 is 1.95 bits per heavy atom. The molecule has 3 heterocycles. The second-order valence-corrected chi connectivity index (χ2v) is 5.24. The molecule has 20 heavy (non-hydrogen) atoms. The number of aromatic nitrogens is 5. The number of fused-ring (bicyclic) bond motifs is 3. The fraction of sp³-hybridized carbons (Fsp3) is 0. The van der Waals surface area contributed by atoms with E-state index in [1.807, 2.05) is 40.8 Å². The van der Waals surface area contributed by atoms with E-state index in [2.05, 4.69) is 36.1 Å². The number of nitrogens with zero attached hydrogens (tertiary/aromatic N) is 5. The van der Waals surface area contributed by atoms with E-state index < -0.39 is 0 Å². The van der Waals surface area contributed by atoms with Crippen LogP contribution >= 0.6 is 15.9 Å². The lowest BCUT2D eigenvalue weighted by molar-refractivity contribution is 1.10. The highest BCUT2D eigenvalue weighted by atomic mass is 79.9. The topological polar surface area (TPSA) is 56.0 Å². The van der Waals surface area contributed by atoms with Gasteiger partial charge in [0, 0.05) is 10.7 Å². The Labute approximate surface area is 122 Å². The SMILES string of the molecule is Brc1ccc2c(c1)ncc1nnc(-c3ccccn3)n12. The highest BCUT2D eigenvalue weighted by Crippen LogP contribution is 2.23. The van der Waals surface area contributed by atoms with Crippen LogP contribution in [0.25, 0.3) is 28.2 Å². The Kier molecular flexibility index (Phi) is 2.50. The predicted octanol–water partition coefficient (Wildman–Crippen LogP) is 3.10. The van der Waals surface area contributed by atoms with Gasteiger partial charge in [0.2, 0.25) is 0 Å². The zero-order chi connectivity index (χ0) is 13.5. The average molecular weight is 326 g/mol. The van der Waals surface area contributed by atoms with Gasteiger partial charge in [-0.3, -0.25) is 14.4 Å². The van der Waals surface area contributed by atoms with Crippen LogP contribution in [0.2, 0.25) is 0 Å². The first-order valence-corrected chi connectivity index (χ1v) is 6.83. The molecule has 4 aromatic rings. The van der Waals surface area contributed by atoms with Crippen LogP contribution in [0, 0.1) is 0 Å². The molecule has 4 rings (SSSR count). The van der Waals surface area contributed by atoms with Gasteiger partial charge in [0.25, 0.3) is 0 Å². The molecule has 0 aliphatic heterocycles. The largest absolute Gasteiger partial charge is 0.271 e. The second kappa shape index (κ2) is 4.35. The Balaban J connectivity index is 2.13. The molecule has 0 bridgehead atoms. The van der Waals surface area contributed by atoms with Crippen molar-refractivity contribution in [1.82, 2.24) is 24.6 Å². The smallest absolute Gasteiger partial charge is 0.187 e. The molecular formula is C14H8BrN5. The van der Waals surface area contributed by atoms with Crippen LogP contribution in [-0.4, -0.2) is 24.6 Å². The highest BCUT2D eigenvalue weighted by molar-refractivity contribution is 9.10. The summed E-state index contributed by atoms with van der Waals surface area (Å²) >= 11 is 3.46. The average Bonchev–Trinajstić information content (AvgIpc) is 2.92. The number of hydrogen-bond donors (Lipinski definition) is 0. The minimum atomic E-state index is 0.709. The van der Waals surface area contributed by atoms with Crippen LogP contribution in [0.15, 0.2) is 53.3 Å². The van der Waals surface area contributed by atoms with Crippen molar-refractivity contribution >= 4 is 32.6 Å². The van der Waals surface area contributed by atoms with Crippen molar-refractivity contribution in [2.24, 2.45) is 0 Å². The Bertz CT molecular complexity index is 917. The lowest BCUT2D eigenvalue weighted by atomic mass is 10.3. The summed E-state index contributed by atoms with van der Waals surface area (Å²) in [5.74, 6) is 0.718. The molecule has 6 heteroatoms. The van der Waals surface area contributed by atoms with Crippen molar-refractivity contribution in [3.8, 4) is 11.5 Å². The van der Waals surface area contributed by atoms with E-state index in [4.69, 9.17) is 0 Å². The summed E-state index contributed by atoms with van der Waals surface area (Å²) in [7, 11) is 0. The van der Waals surface area contributed by atoms with Gasteiger partial charge in [-0.2, -0.15) is 0 Å². The molecule has 96 valence electrons. The maximum Gasteiger partial charge on any atom is 0.187 e. The van der Waals surface area contributed by atoms with Gasteiger partial charge in [0.15, 0.2) is 11.5 Å². The van der Waals surface area contributed by atoms with Gasteiger partial charge in [0.05, 0.1) is 17.2 Å². The predicted molar refractivity (Wildman–Crippen MR) is 79.2 cm³/mol. The summed E-state index contributed by atoms with van der Waals surface area (Å²) in [6.07, 6.45) is 3.46. The summed E-state index contributed by atoms with van der Waals surface area (Å²) in [4.78, 5) is 8.75. The number of halogens is 1. The van der Waals surface area contributed by atoms with Crippen molar-refractivity contribution < 1.29 is 0 Å². The van der Waals surface area contributed by atoms with Gasteiger partial charge in [0.1, 0.15) is 5.69 Å². The standard InChI is InChI=1S/C14H8BrN5/c15-9-4-5-12-11(7-9)17-8-13-18-19-14(20(12)13)10-3-1-2-6-16-10/h1-8H. The first-order valence-electron chi connectivity index (χ1n) is 6.04. The molecule has 0 fully saturated rings. The zero-order valence-electron chi connectivity index (χ0n) is 10.2. The quantitative estimate of drug-likeness (QED) is 0.539. The van der Waals surface area contributed by atoms with E-state index in [9.17, 15) is 0 Å². The van der Waals surface area contributed by atoms with E-state index in [0.29, 0.717) is 5.65 Å². The summed E-state index contributed by atoms with van der Waals surface area (Å²) < 4.78 is 2.96. The Morgan fingerprint density at radius 3 is 2.80 bits per heavy atom. The van der Waals surface area contributed by atoms with Gasteiger partial charge < -0.3 is 0 Å². The molecule has 1 aromatic carbocycles. The first-order chi connectivity index (χ1) is 9.83. The molecule has 0 spiro atoms. The third-order valence-corrected chi connectivity index (χ3v) is 3.57. The summed E-state index contributed by atoms with van der Waals surface area (Å²) in [5.41, 5.74) is 3.33. The fourth-order valence-corrected chi connectivity index (χ4v) is 2.54. The lowest BCUT2D eigenvalue weighted by Crippen LogP contribution is -1.95. The van der Waals surface area contributed by atoms with E-state index >= 15 is 0 Å².